The molecule has 8 heteroatoms. The molecule has 0 fully saturated rings. The van der Waals surface area contributed by atoms with Gasteiger partial charge >= 0.3 is 0 Å². The second-order valence-corrected chi connectivity index (χ2v) is 7.74. The Balaban J connectivity index is 1.74. The van der Waals surface area contributed by atoms with Crippen molar-refractivity contribution < 1.29 is 9.13 Å². The highest BCUT2D eigenvalue weighted by Gasteiger charge is 2.13. The second kappa shape index (κ2) is 9.97. The summed E-state index contributed by atoms with van der Waals surface area (Å²) in [7, 11) is 0. The predicted molar refractivity (Wildman–Crippen MR) is 125 cm³/mol. The maximum atomic E-state index is 13.0. The second-order valence-electron chi connectivity index (χ2n) is 7.33. The SMILES string of the molecule is CCOCc1nc(Nc2ccc(C(C)CF)cc2)c2ccc(-c3ncccc3Cl)nc2n1. The number of nitrogens with zero attached hydrogens (tertiary/aromatic N) is 4. The molecule has 3 heterocycles. The summed E-state index contributed by atoms with van der Waals surface area (Å²) in [5, 5.41) is 4.61. The molecule has 0 bridgehead atoms. The van der Waals surface area contributed by atoms with Crippen molar-refractivity contribution in [3.05, 3.63) is 71.1 Å². The van der Waals surface area contributed by atoms with Crippen LogP contribution in [0.15, 0.2) is 54.7 Å². The van der Waals surface area contributed by atoms with Crippen molar-refractivity contribution in [2.75, 3.05) is 18.6 Å². The van der Waals surface area contributed by atoms with E-state index in [1.165, 1.54) is 0 Å². The fourth-order valence-corrected chi connectivity index (χ4v) is 3.45. The van der Waals surface area contributed by atoms with E-state index >= 15 is 0 Å². The summed E-state index contributed by atoms with van der Waals surface area (Å²) in [5.41, 5.74) is 3.51. The molecule has 32 heavy (non-hydrogen) atoms. The maximum absolute atomic E-state index is 13.0. The van der Waals surface area contributed by atoms with Crippen LogP contribution in [0.2, 0.25) is 5.02 Å². The molecule has 4 aromatic rings. The van der Waals surface area contributed by atoms with Crippen molar-refractivity contribution in [2.45, 2.75) is 26.4 Å². The molecule has 0 amide bonds. The quantitative estimate of drug-likeness (QED) is 0.349. The highest BCUT2D eigenvalue weighted by atomic mass is 35.5. The van der Waals surface area contributed by atoms with E-state index in [-0.39, 0.29) is 12.5 Å². The van der Waals surface area contributed by atoms with Gasteiger partial charge in [0, 0.05) is 24.4 Å². The molecule has 0 aliphatic carbocycles. The minimum Gasteiger partial charge on any atom is -0.374 e. The number of pyridine rings is 2. The Labute approximate surface area is 190 Å². The van der Waals surface area contributed by atoms with Crippen LogP contribution in [0.5, 0.6) is 0 Å². The molecule has 6 nitrogen and oxygen atoms in total. The van der Waals surface area contributed by atoms with Crippen LogP contribution in [0.3, 0.4) is 0 Å². The first-order valence-electron chi connectivity index (χ1n) is 10.4. The number of ether oxygens (including phenoxy) is 1. The van der Waals surface area contributed by atoms with Gasteiger partial charge in [-0.3, -0.25) is 9.37 Å². The molecule has 0 saturated heterocycles. The lowest BCUT2D eigenvalue weighted by Gasteiger charge is -2.13. The number of hydrogen-bond acceptors (Lipinski definition) is 6. The molecule has 0 spiro atoms. The van der Waals surface area contributed by atoms with Crippen molar-refractivity contribution >= 4 is 34.1 Å². The van der Waals surface area contributed by atoms with Gasteiger partial charge in [0.15, 0.2) is 11.5 Å². The zero-order valence-electron chi connectivity index (χ0n) is 17.8. The van der Waals surface area contributed by atoms with Crippen LogP contribution in [0, 0.1) is 0 Å². The molecular formula is C24H23ClFN5O. The lowest BCUT2D eigenvalue weighted by atomic mass is 10.0. The number of halogens is 2. The van der Waals surface area contributed by atoms with E-state index in [4.69, 9.17) is 21.3 Å². The summed E-state index contributed by atoms with van der Waals surface area (Å²) in [5.74, 6) is 0.992. The maximum Gasteiger partial charge on any atom is 0.165 e. The Hall–Kier alpha value is -3.16. The molecular weight excluding hydrogens is 429 g/mol. The van der Waals surface area contributed by atoms with E-state index in [9.17, 15) is 4.39 Å². The third-order valence-electron chi connectivity index (χ3n) is 5.02. The average Bonchev–Trinajstić information content (AvgIpc) is 2.82. The monoisotopic (exact) mass is 451 g/mol. The summed E-state index contributed by atoms with van der Waals surface area (Å²) in [6.07, 6.45) is 1.67. The van der Waals surface area contributed by atoms with Crippen LogP contribution in [-0.2, 0) is 11.3 Å². The largest absolute Gasteiger partial charge is 0.374 e. The number of anilines is 2. The summed E-state index contributed by atoms with van der Waals surface area (Å²) in [6.45, 7) is 4.20. The lowest BCUT2D eigenvalue weighted by molar-refractivity contribution is 0.128. The fraction of sp³-hybridized carbons (Fsp3) is 0.250. The van der Waals surface area contributed by atoms with Crippen LogP contribution in [-0.4, -0.2) is 33.2 Å². The number of fused-ring (bicyclic) bond motifs is 1. The highest BCUT2D eigenvalue weighted by Crippen LogP contribution is 2.29. The van der Waals surface area contributed by atoms with Crippen molar-refractivity contribution in [3.8, 4) is 11.4 Å². The average molecular weight is 452 g/mol. The van der Waals surface area contributed by atoms with Crippen LogP contribution in [0.25, 0.3) is 22.4 Å². The van der Waals surface area contributed by atoms with E-state index < -0.39 is 6.67 Å². The van der Waals surface area contributed by atoms with Crippen molar-refractivity contribution in [3.63, 3.8) is 0 Å². The van der Waals surface area contributed by atoms with Crippen LogP contribution < -0.4 is 5.32 Å². The number of benzene rings is 1. The van der Waals surface area contributed by atoms with Crippen LogP contribution >= 0.6 is 11.6 Å². The van der Waals surface area contributed by atoms with Crippen molar-refractivity contribution in [2.24, 2.45) is 0 Å². The minimum atomic E-state index is -0.390. The van der Waals surface area contributed by atoms with Crippen molar-refractivity contribution in [1.82, 2.24) is 19.9 Å². The lowest BCUT2D eigenvalue weighted by Crippen LogP contribution is -2.05. The first-order chi connectivity index (χ1) is 15.6. The number of nitrogens with one attached hydrogen (secondary N) is 1. The van der Waals surface area contributed by atoms with Gasteiger partial charge in [-0.05, 0) is 48.9 Å². The first-order valence-corrected chi connectivity index (χ1v) is 10.8. The number of rotatable bonds is 8. The Morgan fingerprint density at radius 3 is 2.59 bits per heavy atom. The van der Waals surface area contributed by atoms with E-state index in [2.05, 4.69) is 20.3 Å². The van der Waals surface area contributed by atoms with Crippen LogP contribution in [0.4, 0.5) is 15.9 Å². The summed E-state index contributed by atoms with van der Waals surface area (Å²) in [4.78, 5) is 18.3. The molecule has 0 saturated carbocycles. The molecule has 0 radical (unpaired) electrons. The van der Waals surface area contributed by atoms with Gasteiger partial charge in [-0.1, -0.05) is 30.7 Å². The molecule has 3 aromatic heterocycles. The number of alkyl halides is 1. The minimum absolute atomic E-state index is 0.136. The molecule has 0 aliphatic rings. The van der Waals surface area contributed by atoms with Crippen LogP contribution in [0.1, 0.15) is 31.2 Å². The molecule has 1 atom stereocenters. The van der Waals surface area contributed by atoms with Gasteiger partial charge in [-0.15, -0.1) is 0 Å². The van der Waals surface area contributed by atoms with Gasteiger partial charge in [0.05, 0.1) is 22.8 Å². The van der Waals surface area contributed by atoms with Gasteiger partial charge in [-0.25, -0.2) is 15.0 Å². The van der Waals surface area contributed by atoms with E-state index in [0.717, 1.165) is 16.6 Å². The van der Waals surface area contributed by atoms with Gasteiger partial charge in [0.2, 0.25) is 0 Å². The van der Waals surface area contributed by atoms with E-state index in [0.29, 0.717) is 40.3 Å². The highest BCUT2D eigenvalue weighted by molar-refractivity contribution is 6.32. The zero-order chi connectivity index (χ0) is 22.5. The zero-order valence-corrected chi connectivity index (χ0v) is 18.6. The molecule has 164 valence electrons. The Bertz CT molecular complexity index is 1220. The predicted octanol–water partition coefficient (Wildman–Crippen LogP) is 6.09. The van der Waals surface area contributed by atoms with Gasteiger partial charge in [0.1, 0.15) is 18.1 Å². The standard InChI is InChI=1S/C24H23ClFN5O/c1-3-32-14-21-30-23(28-17-8-6-16(7-9-17)15(2)13-26)18-10-11-20(29-24(18)31-21)22-19(25)5-4-12-27-22/h4-12,15H,3,13-14H2,1-2H3,(H,28,29,30,31). The molecule has 0 aliphatic heterocycles. The first kappa shape index (κ1) is 22.0. The summed E-state index contributed by atoms with van der Waals surface area (Å²) in [6, 6.07) is 14.9. The molecule has 1 unspecified atom stereocenters. The molecule has 1 aromatic carbocycles. The van der Waals surface area contributed by atoms with Gasteiger partial charge in [0.25, 0.3) is 0 Å². The van der Waals surface area contributed by atoms with E-state index in [1.54, 1.807) is 18.3 Å². The smallest absolute Gasteiger partial charge is 0.165 e. The third kappa shape index (κ3) is 4.84. The summed E-state index contributed by atoms with van der Waals surface area (Å²) < 4.78 is 18.5. The van der Waals surface area contributed by atoms with Gasteiger partial charge in [-0.2, -0.15) is 0 Å². The third-order valence-corrected chi connectivity index (χ3v) is 5.32. The topological polar surface area (TPSA) is 72.8 Å². The Morgan fingerprint density at radius 2 is 1.88 bits per heavy atom. The molecule has 4 rings (SSSR count). The van der Waals surface area contributed by atoms with E-state index in [1.807, 2.05) is 50.2 Å². The molecule has 1 N–H and O–H groups in total. The number of hydrogen-bond donors (Lipinski definition) is 1. The number of aromatic nitrogens is 4. The Morgan fingerprint density at radius 1 is 1.06 bits per heavy atom. The fourth-order valence-electron chi connectivity index (χ4n) is 3.24. The summed E-state index contributed by atoms with van der Waals surface area (Å²) >= 11 is 6.30. The Kier molecular flexibility index (Phi) is 6.87. The normalized spacial score (nSPS) is 12.1. The van der Waals surface area contributed by atoms with Gasteiger partial charge < -0.3 is 10.1 Å². The van der Waals surface area contributed by atoms with Crippen molar-refractivity contribution in [1.29, 1.82) is 0 Å².